The lowest BCUT2D eigenvalue weighted by Gasteiger charge is -2.11. The van der Waals surface area contributed by atoms with Gasteiger partial charge >= 0.3 is 5.97 Å². The number of hydrogen-bond acceptors (Lipinski definition) is 5. The number of hydrogen-bond donors (Lipinski definition) is 1. The van der Waals surface area contributed by atoms with Crippen LogP contribution in [0.3, 0.4) is 0 Å². The normalized spacial score (nSPS) is 10.5. The summed E-state index contributed by atoms with van der Waals surface area (Å²) in [4.78, 5) is 25.4. The van der Waals surface area contributed by atoms with Gasteiger partial charge in [0, 0.05) is 16.0 Å². The maximum atomic E-state index is 13.3. The predicted molar refractivity (Wildman–Crippen MR) is 112 cm³/mol. The Balaban J connectivity index is 2.01. The lowest BCUT2D eigenvalue weighted by atomic mass is 10.0. The quantitative estimate of drug-likeness (QED) is 0.510. The zero-order valence-electron chi connectivity index (χ0n) is 15.6. The summed E-state index contributed by atoms with van der Waals surface area (Å²) >= 11 is 7.17. The molecule has 1 amide bonds. The number of anilines is 1. The molecule has 0 aliphatic carbocycles. The number of methoxy groups -OCH3 is 1. The smallest absolute Gasteiger partial charge is 0.341 e. The number of carbonyl (C=O) groups is 2. The largest absolute Gasteiger partial charge is 0.496 e. The van der Waals surface area contributed by atoms with E-state index >= 15 is 0 Å². The van der Waals surface area contributed by atoms with E-state index in [0.29, 0.717) is 26.9 Å². The molecule has 0 saturated carbocycles. The van der Waals surface area contributed by atoms with Crippen molar-refractivity contribution in [3.05, 3.63) is 69.8 Å². The lowest BCUT2D eigenvalue weighted by molar-refractivity contribution is 0.0529. The van der Waals surface area contributed by atoms with Crippen LogP contribution in [0.2, 0.25) is 5.02 Å². The number of benzene rings is 2. The molecule has 3 rings (SSSR count). The molecule has 0 saturated heterocycles. The SMILES string of the molecule is CCOC(=O)c1c(-c2ccc(F)cc2)csc1NC(=O)c1cc(Cl)ccc1OC. The first-order chi connectivity index (χ1) is 13.9. The highest BCUT2D eigenvalue weighted by molar-refractivity contribution is 7.15. The van der Waals surface area contributed by atoms with Gasteiger partial charge in [0.15, 0.2) is 0 Å². The van der Waals surface area contributed by atoms with E-state index in [0.717, 1.165) is 0 Å². The molecule has 0 bridgehead atoms. The molecule has 150 valence electrons. The van der Waals surface area contributed by atoms with Crippen molar-refractivity contribution in [2.24, 2.45) is 0 Å². The van der Waals surface area contributed by atoms with E-state index in [1.807, 2.05) is 0 Å². The van der Waals surface area contributed by atoms with Crippen LogP contribution in [0.15, 0.2) is 47.8 Å². The van der Waals surface area contributed by atoms with Crippen molar-refractivity contribution in [3.8, 4) is 16.9 Å². The molecular weight excluding hydrogens is 417 g/mol. The maximum Gasteiger partial charge on any atom is 0.341 e. The van der Waals surface area contributed by atoms with Crippen molar-refractivity contribution in [2.45, 2.75) is 6.92 Å². The number of ether oxygens (including phenoxy) is 2. The summed E-state index contributed by atoms with van der Waals surface area (Å²) in [6.45, 7) is 1.87. The summed E-state index contributed by atoms with van der Waals surface area (Å²) in [6.07, 6.45) is 0. The minimum Gasteiger partial charge on any atom is -0.496 e. The van der Waals surface area contributed by atoms with Gasteiger partial charge in [-0.15, -0.1) is 11.3 Å². The predicted octanol–water partition coefficient (Wildman–Crippen LogP) is 5.65. The third-order valence-electron chi connectivity index (χ3n) is 4.06. The zero-order chi connectivity index (χ0) is 21.0. The van der Waals surface area contributed by atoms with E-state index in [1.165, 1.54) is 36.6 Å². The summed E-state index contributed by atoms with van der Waals surface area (Å²) in [6, 6.07) is 10.4. The Morgan fingerprint density at radius 3 is 2.55 bits per heavy atom. The zero-order valence-corrected chi connectivity index (χ0v) is 17.2. The Morgan fingerprint density at radius 2 is 1.90 bits per heavy atom. The van der Waals surface area contributed by atoms with Crippen LogP contribution in [0, 0.1) is 5.82 Å². The topological polar surface area (TPSA) is 64.6 Å². The average Bonchev–Trinajstić information content (AvgIpc) is 3.12. The molecule has 8 heteroatoms. The molecule has 1 heterocycles. The Bertz CT molecular complexity index is 1050. The van der Waals surface area contributed by atoms with Crippen LogP contribution in [-0.4, -0.2) is 25.6 Å². The fraction of sp³-hybridized carbons (Fsp3) is 0.143. The van der Waals surface area contributed by atoms with Crippen molar-refractivity contribution in [2.75, 3.05) is 19.0 Å². The minimum absolute atomic E-state index is 0.174. The van der Waals surface area contributed by atoms with Crippen molar-refractivity contribution >= 4 is 39.8 Å². The van der Waals surface area contributed by atoms with E-state index in [-0.39, 0.29) is 23.6 Å². The molecule has 0 aliphatic heterocycles. The molecule has 0 atom stereocenters. The molecular formula is C21H17ClFNO4S. The first-order valence-electron chi connectivity index (χ1n) is 8.64. The van der Waals surface area contributed by atoms with Gasteiger partial charge in [-0.2, -0.15) is 0 Å². The number of thiophene rings is 1. The molecule has 0 unspecified atom stereocenters. The molecule has 0 spiro atoms. The second-order valence-corrected chi connectivity index (χ2v) is 7.20. The Kier molecular flexibility index (Phi) is 6.51. The standard InChI is InChI=1S/C21H17ClFNO4S/c1-3-28-21(26)18-16(12-4-7-14(23)8-5-12)11-29-20(18)24-19(25)15-10-13(22)6-9-17(15)27-2/h4-11H,3H2,1-2H3,(H,24,25). The van der Waals surface area contributed by atoms with Crippen LogP contribution >= 0.6 is 22.9 Å². The Morgan fingerprint density at radius 1 is 1.17 bits per heavy atom. The van der Waals surface area contributed by atoms with Gasteiger partial charge in [-0.25, -0.2) is 9.18 Å². The minimum atomic E-state index is -0.582. The third kappa shape index (κ3) is 4.58. The summed E-state index contributed by atoms with van der Waals surface area (Å²) in [5, 5.41) is 5.14. The number of amides is 1. The number of halogens is 2. The van der Waals surface area contributed by atoms with Crippen LogP contribution < -0.4 is 10.1 Å². The first kappa shape index (κ1) is 20.8. The number of carbonyl (C=O) groups excluding carboxylic acids is 2. The molecule has 0 fully saturated rings. The summed E-state index contributed by atoms with van der Waals surface area (Å²) < 4.78 is 23.7. The summed E-state index contributed by atoms with van der Waals surface area (Å²) in [5.74, 6) is -1.10. The second-order valence-electron chi connectivity index (χ2n) is 5.88. The molecule has 0 aliphatic rings. The van der Waals surface area contributed by atoms with Gasteiger partial charge in [0.2, 0.25) is 0 Å². The van der Waals surface area contributed by atoms with Gasteiger partial charge < -0.3 is 14.8 Å². The Hall–Kier alpha value is -2.90. The van der Waals surface area contributed by atoms with E-state index in [4.69, 9.17) is 21.1 Å². The second kappa shape index (κ2) is 9.07. The van der Waals surface area contributed by atoms with Gasteiger partial charge in [0.25, 0.3) is 5.91 Å². The maximum absolute atomic E-state index is 13.3. The molecule has 1 N–H and O–H groups in total. The number of esters is 1. The highest BCUT2D eigenvalue weighted by Crippen LogP contribution is 2.37. The molecule has 2 aromatic carbocycles. The van der Waals surface area contributed by atoms with Gasteiger partial charge in [0.1, 0.15) is 22.1 Å². The molecule has 29 heavy (non-hydrogen) atoms. The van der Waals surface area contributed by atoms with Gasteiger partial charge in [-0.1, -0.05) is 23.7 Å². The van der Waals surface area contributed by atoms with Gasteiger partial charge in [-0.05, 0) is 42.8 Å². The highest BCUT2D eigenvalue weighted by Gasteiger charge is 2.24. The fourth-order valence-electron chi connectivity index (χ4n) is 2.73. The molecule has 3 aromatic rings. The average molecular weight is 434 g/mol. The van der Waals surface area contributed by atoms with Gasteiger partial charge in [0.05, 0.1) is 19.3 Å². The Labute approximate surface area is 176 Å². The molecule has 0 radical (unpaired) electrons. The van der Waals surface area contributed by atoms with Crippen molar-refractivity contribution in [1.82, 2.24) is 0 Å². The molecule has 5 nitrogen and oxygen atoms in total. The lowest BCUT2D eigenvalue weighted by Crippen LogP contribution is -2.15. The van der Waals surface area contributed by atoms with E-state index in [1.54, 1.807) is 36.6 Å². The van der Waals surface area contributed by atoms with E-state index < -0.39 is 11.9 Å². The van der Waals surface area contributed by atoms with Crippen molar-refractivity contribution in [1.29, 1.82) is 0 Å². The monoisotopic (exact) mass is 433 g/mol. The van der Waals surface area contributed by atoms with Crippen molar-refractivity contribution < 1.29 is 23.5 Å². The van der Waals surface area contributed by atoms with Crippen LogP contribution in [0.5, 0.6) is 5.75 Å². The van der Waals surface area contributed by atoms with Crippen LogP contribution in [0.25, 0.3) is 11.1 Å². The van der Waals surface area contributed by atoms with E-state index in [9.17, 15) is 14.0 Å². The fourth-order valence-corrected chi connectivity index (χ4v) is 3.85. The third-order valence-corrected chi connectivity index (χ3v) is 5.19. The van der Waals surface area contributed by atoms with Crippen LogP contribution in [0.4, 0.5) is 9.39 Å². The number of nitrogens with one attached hydrogen (secondary N) is 1. The summed E-state index contributed by atoms with van der Waals surface area (Å²) in [7, 11) is 1.45. The van der Waals surface area contributed by atoms with Crippen molar-refractivity contribution in [3.63, 3.8) is 0 Å². The van der Waals surface area contributed by atoms with E-state index in [2.05, 4.69) is 5.32 Å². The number of rotatable bonds is 6. The first-order valence-corrected chi connectivity index (χ1v) is 9.89. The van der Waals surface area contributed by atoms with Gasteiger partial charge in [-0.3, -0.25) is 4.79 Å². The highest BCUT2D eigenvalue weighted by atomic mass is 35.5. The van der Waals surface area contributed by atoms with Crippen LogP contribution in [0.1, 0.15) is 27.6 Å². The molecule has 1 aromatic heterocycles. The summed E-state index contributed by atoms with van der Waals surface area (Å²) in [5.41, 5.74) is 1.61. The van der Waals surface area contributed by atoms with Crippen LogP contribution in [-0.2, 0) is 4.74 Å².